The Labute approximate surface area is 168 Å². The van der Waals surface area contributed by atoms with Gasteiger partial charge in [-0.25, -0.2) is 0 Å². The van der Waals surface area contributed by atoms with Gasteiger partial charge in [0, 0.05) is 36.2 Å². The largest absolute Gasteiger partial charge is 0.456 e. The van der Waals surface area contributed by atoms with Crippen molar-refractivity contribution in [3.63, 3.8) is 0 Å². The first-order chi connectivity index (χ1) is 13.3. The van der Waals surface area contributed by atoms with E-state index in [1.165, 1.54) is 36.5 Å². The van der Waals surface area contributed by atoms with Crippen LogP contribution in [-0.4, -0.2) is 4.98 Å². The molecule has 0 saturated carbocycles. The molecule has 0 fully saturated rings. The summed E-state index contributed by atoms with van der Waals surface area (Å²) in [5.74, 6) is 0. The van der Waals surface area contributed by atoms with Crippen molar-refractivity contribution in [2.24, 2.45) is 0 Å². The molecular formula is C24H14INO. The number of hydrogen-bond acceptors (Lipinski definition) is 1. The number of halogens is 1. The summed E-state index contributed by atoms with van der Waals surface area (Å²) in [7, 11) is 0. The lowest BCUT2D eigenvalue weighted by molar-refractivity contribution is 0.668. The van der Waals surface area contributed by atoms with Gasteiger partial charge in [-0.15, -0.1) is 0 Å². The molecule has 0 aliphatic carbocycles. The molecule has 3 heteroatoms. The van der Waals surface area contributed by atoms with E-state index in [2.05, 4.69) is 106 Å². The summed E-state index contributed by atoms with van der Waals surface area (Å²) < 4.78 is 7.23. The minimum Gasteiger partial charge on any atom is -0.456 e. The summed E-state index contributed by atoms with van der Waals surface area (Å²) in [6, 6.07) is 27.8. The van der Waals surface area contributed by atoms with Gasteiger partial charge >= 0.3 is 0 Å². The normalized spacial score (nSPS) is 11.9. The van der Waals surface area contributed by atoms with Crippen LogP contribution in [0, 0.1) is 3.57 Å². The van der Waals surface area contributed by atoms with E-state index in [0.717, 1.165) is 21.9 Å². The molecule has 0 atom stereocenters. The summed E-state index contributed by atoms with van der Waals surface area (Å²) in [5.41, 5.74) is 6.63. The molecule has 2 aromatic heterocycles. The molecule has 0 bridgehead atoms. The Hall–Kier alpha value is -2.79. The number of rotatable bonds is 1. The molecule has 2 nitrogen and oxygen atoms in total. The number of furan rings is 1. The van der Waals surface area contributed by atoms with E-state index in [4.69, 9.17) is 4.42 Å². The quantitative estimate of drug-likeness (QED) is 0.254. The van der Waals surface area contributed by atoms with Crippen molar-refractivity contribution in [3.05, 3.63) is 82.4 Å². The van der Waals surface area contributed by atoms with Gasteiger partial charge in [-0.05, 0) is 64.6 Å². The van der Waals surface area contributed by atoms with Gasteiger partial charge in [0.05, 0.1) is 5.52 Å². The van der Waals surface area contributed by atoms with E-state index in [1.807, 2.05) is 0 Å². The molecule has 0 unspecified atom stereocenters. The maximum absolute atomic E-state index is 6.05. The number of nitrogens with one attached hydrogen (secondary N) is 1. The molecule has 4 aromatic carbocycles. The lowest BCUT2D eigenvalue weighted by Crippen LogP contribution is -1.80. The summed E-state index contributed by atoms with van der Waals surface area (Å²) in [5, 5.41) is 4.84. The van der Waals surface area contributed by atoms with Gasteiger partial charge in [0.25, 0.3) is 0 Å². The molecule has 0 spiro atoms. The topological polar surface area (TPSA) is 28.9 Å². The van der Waals surface area contributed by atoms with Crippen molar-refractivity contribution in [1.82, 2.24) is 4.98 Å². The van der Waals surface area contributed by atoms with E-state index in [1.54, 1.807) is 0 Å². The van der Waals surface area contributed by atoms with Crippen LogP contribution < -0.4 is 0 Å². The highest BCUT2D eigenvalue weighted by atomic mass is 127. The van der Waals surface area contributed by atoms with Crippen molar-refractivity contribution < 1.29 is 4.42 Å². The Kier molecular flexibility index (Phi) is 3.17. The second kappa shape index (κ2) is 5.60. The van der Waals surface area contributed by atoms with E-state index < -0.39 is 0 Å². The highest BCUT2D eigenvalue weighted by Gasteiger charge is 2.12. The van der Waals surface area contributed by atoms with E-state index in [0.29, 0.717) is 0 Å². The number of H-pyrrole nitrogens is 1. The van der Waals surface area contributed by atoms with Gasteiger partial charge in [0.2, 0.25) is 0 Å². The van der Waals surface area contributed by atoms with Crippen LogP contribution in [0.4, 0.5) is 0 Å². The van der Waals surface area contributed by atoms with Crippen LogP contribution in [-0.2, 0) is 0 Å². The van der Waals surface area contributed by atoms with Gasteiger partial charge in [0.1, 0.15) is 11.2 Å². The Balaban J connectivity index is 1.66. The number of hydrogen-bond donors (Lipinski definition) is 1. The van der Waals surface area contributed by atoms with Gasteiger partial charge in [-0.1, -0.05) is 42.5 Å². The molecule has 0 aliphatic heterocycles. The smallest absolute Gasteiger partial charge is 0.136 e. The number of benzene rings is 4. The molecule has 0 amide bonds. The average molecular weight is 459 g/mol. The SMILES string of the molecule is Ic1ccc2c(c1)oc1ccc(-c3cccc4c3[nH]c3ccccc34)cc12. The molecule has 0 radical (unpaired) electrons. The van der Waals surface area contributed by atoms with Crippen LogP contribution >= 0.6 is 22.6 Å². The van der Waals surface area contributed by atoms with Crippen molar-refractivity contribution >= 4 is 66.3 Å². The second-order valence-electron chi connectivity index (χ2n) is 6.85. The van der Waals surface area contributed by atoms with E-state index in [9.17, 15) is 0 Å². The summed E-state index contributed by atoms with van der Waals surface area (Å²) in [4.78, 5) is 3.61. The zero-order valence-corrected chi connectivity index (χ0v) is 16.4. The average Bonchev–Trinajstić information content (AvgIpc) is 3.24. The maximum atomic E-state index is 6.05. The summed E-state index contributed by atoms with van der Waals surface area (Å²) in [6.07, 6.45) is 0. The minimum absolute atomic E-state index is 0.930. The zero-order valence-electron chi connectivity index (χ0n) is 14.3. The van der Waals surface area contributed by atoms with Crippen LogP contribution in [0.15, 0.2) is 83.3 Å². The van der Waals surface area contributed by atoms with Gasteiger partial charge < -0.3 is 9.40 Å². The fourth-order valence-corrected chi connectivity index (χ4v) is 4.49. The van der Waals surface area contributed by atoms with Crippen molar-refractivity contribution in [2.45, 2.75) is 0 Å². The van der Waals surface area contributed by atoms with Gasteiger partial charge in [0.15, 0.2) is 0 Å². The predicted octanol–water partition coefficient (Wildman–Crippen LogP) is 7.49. The molecule has 27 heavy (non-hydrogen) atoms. The maximum Gasteiger partial charge on any atom is 0.136 e. The first-order valence-electron chi connectivity index (χ1n) is 8.89. The predicted molar refractivity (Wildman–Crippen MR) is 121 cm³/mol. The monoisotopic (exact) mass is 459 g/mol. The third kappa shape index (κ3) is 2.24. The second-order valence-corrected chi connectivity index (χ2v) is 8.10. The molecular weight excluding hydrogens is 445 g/mol. The van der Waals surface area contributed by atoms with Crippen LogP contribution in [0.25, 0.3) is 54.9 Å². The fraction of sp³-hybridized carbons (Fsp3) is 0. The number of aromatic nitrogens is 1. The Morgan fingerprint density at radius 1 is 0.667 bits per heavy atom. The zero-order chi connectivity index (χ0) is 18.0. The molecule has 1 N–H and O–H groups in total. The minimum atomic E-state index is 0.930. The number of aromatic amines is 1. The lowest BCUT2D eigenvalue weighted by atomic mass is 10.00. The number of para-hydroxylation sites is 2. The van der Waals surface area contributed by atoms with Crippen LogP contribution in [0.3, 0.4) is 0 Å². The lowest BCUT2D eigenvalue weighted by Gasteiger charge is -2.04. The molecule has 0 aliphatic rings. The third-order valence-electron chi connectivity index (χ3n) is 5.29. The fourth-order valence-electron chi connectivity index (χ4n) is 4.03. The van der Waals surface area contributed by atoms with Crippen molar-refractivity contribution in [3.8, 4) is 11.1 Å². The van der Waals surface area contributed by atoms with Gasteiger partial charge in [-0.2, -0.15) is 0 Å². The highest BCUT2D eigenvalue weighted by molar-refractivity contribution is 14.1. The standard InChI is InChI=1S/C24H14INO/c25-15-9-10-18-20-12-14(8-11-22(20)27-23(18)13-15)16-5-3-6-19-17-4-1-2-7-21(17)26-24(16)19/h1-13,26H. The molecule has 0 saturated heterocycles. The van der Waals surface area contributed by atoms with Crippen LogP contribution in [0.5, 0.6) is 0 Å². The van der Waals surface area contributed by atoms with E-state index in [-0.39, 0.29) is 0 Å². The Morgan fingerprint density at radius 2 is 1.56 bits per heavy atom. The summed E-state index contributed by atoms with van der Waals surface area (Å²) >= 11 is 2.32. The van der Waals surface area contributed by atoms with Gasteiger partial charge in [-0.3, -0.25) is 0 Å². The first kappa shape index (κ1) is 15.3. The molecule has 2 heterocycles. The Morgan fingerprint density at radius 3 is 2.52 bits per heavy atom. The molecule has 128 valence electrons. The van der Waals surface area contributed by atoms with Crippen molar-refractivity contribution in [2.75, 3.05) is 0 Å². The summed E-state index contributed by atoms with van der Waals surface area (Å²) in [6.45, 7) is 0. The Bertz CT molecular complexity index is 1490. The number of fused-ring (bicyclic) bond motifs is 6. The third-order valence-corrected chi connectivity index (χ3v) is 5.96. The van der Waals surface area contributed by atoms with Crippen LogP contribution in [0.1, 0.15) is 0 Å². The first-order valence-corrected chi connectivity index (χ1v) is 9.97. The molecule has 6 aromatic rings. The molecule has 6 rings (SSSR count). The van der Waals surface area contributed by atoms with Crippen molar-refractivity contribution in [1.29, 1.82) is 0 Å². The highest BCUT2D eigenvalue weighted by Crippen LogP contribution is 2.37. The van der Waals surface area contributed by atoms with Crippen LogP contribution in [0.2, 0.25) is 0 Å². The van der Waals surface area contributed by atoms with E-state index >= 15 is 0 Å².